The van der Waals surface area contributed by atoms with Crippen molar-refractivity contribution in [1.29, 1.82) is 0 Å². The van der Waals surface area contributed by atoms with Crippen molar-refractivity contribution in [3.63, 3.8) is 0 Å². The van der Waals surface area contributed by atoms with E-state index in [4.69, 9.17) is 10.5 Å². The van der Waals surface area contributed by atoms with Crippen LogP contribution in [0, 0.1) is 11.8 Å². The number of nitrogens with two attached hydrogens (primary N) is 1. The Bertz CT molecular complexity index is 205. The van der Waals surface area contributed by atoms with Gasteiger partial charge >= 0.3 is 0 Å². The maximum Gasteiger partial charge on any atom is 0.222 e. The molecule has 0 radical (unpaired) electrons. The highest BCUT2D eigenvalue weighted by Crippen LogP contribution is 2.28. The molecule has 0 heterocycles. The summed E-state index contributed by atoms with van der Waals surface area (Å²) in [4.78, 5) is 11.6. The molecule has 1 fully saturated rings. The van der Waals surface area contributed by atoms with Gasteiger partial charge in [0.05, 0.1) is 6.61 Å². The van der Waals surface area contributed by atoms with Gasteiger partial charge in [-0.25, -0.2) is 0 Å². The van der Waals surface area contributed by atoms with Crippen molar-refractivity contribution < 1.29 is 9.53 Å². The van der Waals surface area contributed by atoms with Crippen molar-refractivity contribution in [3.8, 4) is 0 Å². The summed E-state index contributed by atoms with van der Waals surface area (Å²) in [6, 6.07) is 0. The predicted molar refractivity (Wildman–Crippen MR) is 64.0 cm³/mol. The van der Waals surface area contributed by atoms with Gasteiger partial charge in [0, 0.05) is 19.1 Å². The summed E-state index contributed by atoms with van der Waals surface area (Å²) in [6.45, 7) is 4.71. The molecule has 0 aliphatic heterocycles. The van der Waals surface area contributed by atoms with Gasteiger partial charge < -0.3 is 15.8 Å². The predicted octanol–water partition coefficient (Wildman–Crippen LogP) is 0.904. The summed E-state index contributed by atoms with van der Waals surface area (Å²) in [7, 11) is 0. The number of nitrogens with one attached hydrogen (secondary N) is 1. The van der Waals surface area contributed by atoms with Gasteiger partial charge in [-0.05, 0) is 38.1 Å². The zero-order valence-corrected chi connectivity index (χ0v) is 10.2. The molecule has 0 spiro atoms. The largest absolute Gasteiger partial charge is 0.379 e. The van der Waals surface area contributed by atoms with E-state index in [1.54, 1.807) is 0 Å². The number of carbonyl (C=O) groups is 1. The summed E-state index contributed by atoms with van der Waals surface area (Å²) in [5, 5.41) is 2.88. The Hall–Kier alpha value is -0.610. The van der Waals surface area contributed by atoms with Crippen LogP contribution in [0.5, 0.6) is 0 Å². The maximum absolute atomic E-state index is 11.6. The van der Waals surface area contributed by atoms with Crippen molar-refractivity contribution in [2.75, 3.05) is 26.3 Å². The normalized spacial score (nSPS) is 17.1. The minimum atomic E-state index is 0.0620. The number of rotatable bonds is 9. The van der Waals surface area contributed by atoms with Crippen LogP contribution in [0.15, 0.2) is 0 Å². The van der Waals surface area contributed by atoms with Crippen molar-refractivity contribution >= 4 is 5.91 Å². The van der Waals surface area contributed by atoms with Gasteiger partial charge in [0.2, 0.25) is 5.91 Å². The summed E-state index contributed by atoms with van der Waals surface area (Å²) in [5.41, 5.74) is 5.40. The number of ether oxygens (including phenoxy) is 1. The topological polar surface area (TPSA) is 64.4 Å². The van der Waals surface area contributed by atoms with E-state index < -0.39 is 0 Å². The van der Waals surface area contributed by atoms with E-state index in [1.165, 1.54) is 12.8 Å². The molecule has 0 aromatic carbocycles. The first-order valence-electron chi connectivity index (χ1n) is 6.29. The summed E-state index contributed by atoms with van der Waals surface area (Å²) >= 11 is 0. The van der Waals surface area contributed by atoms with E-state index in [9.17, 15) is 4.79 Å². The molecule has 0 bridgehead atoms. The molecule has 1 rings (SSSR count). The quantitative estimate of drug-likeness (QED) is 0.576. The number of hydrogen-bond acceptors (Lipinski definition) is 3. The second-order valence-electron chi connectivity index (χ2n) is 4.64. The number of carbonyl (C=O) groups excluding carboxylic acids is 1. The van der Waals surface area contributed by atoms with E-state index in [0.29, 0.717) is 19.7 Å². The molecule has 0 aromatic heterocycles. The lowest BCUT2D eigenvalue weighted by atomic mass is 10.1. The smallest absolute Gasteiger partial charge is 0.222 e. The van der Waals surface area contributed by atoms with Crippen LogP contribution in [0.25, 0.3) is 0 Å². The van der Waals surface area contributed by atoms with Gasteiger partial charge in [-0.15, -0.1) is 0 Å². The minimum Gasteiger partial charge on any atom is -0.379 e. The van der Waals surface area contributed by atoms with Crippen LogP contribution in [-0.2, 0) is 9.53 Å². The lowest BCUT2D eigenvalue weighted by Crippen LogP contribution is -2.32. The summed E-state index contributed by atoms with van der Waals surface area (Å²) in [6.07, 6.45) is 4.39. The molecule has 4 nitrogen and oxygen atoms in total. The molecule has 3 N–H and O–H groups in total. The highest BCUT2D eigenvalue weighted by Gasteiger charge is 2.20. The third kappa shape index (κ3) is 6.08. The van der Waals surface area contributed by atoms with E-state index in [2.05, 4.69) is 5.32 Å². The average molecular weight is 228 g/mol. The molecule has 1 aliphatic carbocycles. The highest BCUT2D eigenvalue weighted by molar-refractivity contribution is 5.78. The minimum absolute atomic E-state index is 0.0620. The number of hydrogen-bond donors (Lipinski definition) is 2. The Morgan fingerprint density at radius 2 is 2.31 bits per heavy atom. The van der Waals surface area contributed by atoms with E-state index in [-0.39, 0.29) is 11.8 Å². The third-order valence-electron chi connectivity index (χ3n) is 2.88. The van der Waals surface area contributed by atoms with Crippen molar-refractivity contribution in [1.82, 2.24) is 5.32 Å². The Morgan fingerprint density at radius 1 is 1.56 bits per heavy atom. The number of amides is 1. The van der Waals surface area contributed by atoms with Crippen molar-refractivity contribution in [3.05, 3.63) is 0 Å². The van der Waals surface area contributed by atoms with Gasteiger partial charge in [0.15, 0.2) is 0 Å². The molecule has 4 heteroatoms. The van der Waals surface area contributed by atoms with Crippen LogP contribution in [0.3, 0.4) is 0 Å². The first kappa shape index (κ1) is 13.5. The Balaban J connectivity index is 1.91. The summed E-state index contributed by atoms with van der Waals surface area (Å²) < 4.78 is 5.43. The average Bonchev–Trinajstić information content (AvgIpc) is 3.09. The molecule has 1 saturated carbocycles. The van der Waals surface area contributed by atoms with E-state index in [0.717, 1.165) is 25.4 Å². The molecule has 1 atom stereocenters. The van der Waals surface area contributed by atoms with E-state index in [1.807, 2.05) is 6.92 Å². The fourth-order valence-electron chi connectivity index (χ4n) is 1.51. The fraction of sp³-hybridized carbons (Fsp3) is 0.917. The van der Waals surface area contributed by atoms with Crippen molar-refractivity contribution in [2.45, 2.75) is 32.6 Å². The SMILES string of the molecule is CC(CCCN)C(=O)NCCOCC1CC1. The monoisotopic (exact) mass is 228 g/mol. The van der Waals surface area contributed by atoms with Crippen LogP contribution in [0.1, 0.15) is 32.6 Å². The Morgan fingerprint density at radius 3 is 2.94 bits per heavy atom. The molecule has 0 saturated heterocycles. The molecule has 94 valence electrons. The first-order chi connectivity index (χ1) is 7.74. The zero-order valence-electron chi connectivity index (χ0n) is 10.2. The second kappa shape index (κ2) is 7.63. The van der Waals surface area contributed by atoms with Crippen LogP contribution < -0.4 is 11.1 Å². The Labute approximate surface area is 97.9 Å². The fourth-order valence-corrected chi connectivity index (χ4v) is 1.51. The van der Waals surface area contributed by atoms with Crippen LogP contribution in [0.4, 0.5) is 0 Å². The van der Waals surface area contributed by atoms with Gasteiger partial charge in [-0.2, -0.15) is 0 Å². The van der Waals surface area contributed by atoms with Crippen LogP contribution in [0.2, 0.25) is 0 Å². The zero-order chi connectivity index (χ0) is 11.8. The molecular weight excluding hydrogens is 204 g/mol. The van der Waals surface area contributed by atoms with E-state index >= 15 is 0 Å². The summed E-state index contributed by atoms with van der Waals surface area (Å²) in [5.74, 6) is 0.967. The van der Waals surface area contributed by atoms with Crippen LogP contribution in [-0.4, -0.2) is 32.2 Å². The molecule has 0 aromatic rings. The van der Waals surface area contributed by atoms with Crippen LogP contribution >= 0.6 is 0 Å². The second-order valence-corrected chi connectivity index (χ2v) is 4.64. The van der Waals surface area contributed by atoms with Crippen molar-refractivity contribution in [2.24, 2.45) is 17.6 Å². The molecule has 1 amide bonds. The lowest BCUT2D eigenvalue weighted by molar-refractivity contribution is -0.124. The van der Waals surface area contributed by atoms with Gasteiger partial charge in [0.25, 0.3) is 0 Å². The third-order valence-corrected chi connectivity index (χ3v) is 2.88. The standard InChI is InChI=1S/C12H24N2O2/c1-10(3-2-6-13)12(15)14-7-8-16-9-11-4-5-11/h10-11H,2-9,13H2,1H3,(H,14,15). The van der Waals surface area contributed by atoms with Gasteiger partial charge in [-0.3, -0.25) is 4.79 Å². The maximum atomic E-state index is 11.6. The van der Waals surface area contributed by atoms with Gasteiger partial charge in [-0.1, -0.05) is 6.92 Å². The highest BCUT2D eigenvalue weighted by atomic mass is 16.5. The first-order valence-corrected chi connectivity index (χ1v) is 6.29. The molecule has 16 heavy (non-hydrogen) atoms. The Kier molecular flexibility index (Phi) is 6.42. The molecule has 1 aliphatic rings. The molecular formula is C12H24N2O2. The lowest BCUT2D eigenvalue weighted by Gasteiger charge is -2.11. The van der Waals surface area contributed by atoms with Gasteiger partial charge in [0.1, 0.15) is 0 Å². The molecule has 1 unspecified atom stereocenters.